The van der Waals surface area contributed by atoms with Gasteiger partial charge in [-0.2, -0.15) is 0 Å². The van der Waals surface area contributed by atoms with E-state index in [-0.39, 0.29) is 5.79 Å². The van der Waals surface area contributed by atoms with E-state index in [1.807, 2.05) is 12.1 Å². The molecule has 2 aliphatic heterocycles. The van der Waals surface area contributed by atoms with Gasteiger partial charge in [-0.3, -0.25) is 0 Å². The van der Waals surface area contributed by atoms with E-state index in [0.717, 1.165) is 41.7 Å². The second-order valence-electron chi connectivity index (χ2n) is 4.30. The van der Waals surface area contributed by atoms with E-state index in [1.54, 1.807) is 0 Å². The molecule has 3 nitrogen and oxygen atoms in total. The Morgan fingerprint density at radius 1 is 1.25 bits per heavy atom. The van der Waals surface area contributed by atoms with Crippen LogP contribution in [0, 0.1) is 0 Å². The number of rotatable bonds is 0. The monoisotopic (exact) mass is 283 g/mol. The smallest absolute Gasteiger partial charge is 0.213 e. The first kappa shape index (κ1) is 10.6. The van der Waals surface area contributed by atoms with E-state index in [9.17, 15) is 0 Å². The SMILES string of the molecule is Brc1ccc2c(c1)COC1(CCNCC1)O2. The number of hydrogen-bond donors (Lipinski definition) is 1. The lowest BCUT2D eigenvalue weighted by Gasteiger charge is -2.41. The highest BCUT2D eigenvalue weighted by atomic mass is 79.9. The topological polar surface area (TPSA) is 30.5 Å². The molecule has 1 saturated heterocycles. The molecule has 4 heteroatoms. The van der Waals surface area contributed by atoms with E-state index < -0.39 is 0 Å². The first-order valence-corrected chi connectivity index (χ1v) is 6.39. The predicted octanol–water partition coefficient (Wildman–Crippen LogP) is 2.44. The van der Waals surface area contributed by atoms with Crippen molar-refractivity contribution >= 4 is 15.9 Å². The molecule has 2 aliphatic rings. The molecule has 0 aliphatic carbocycles. The number of ether oxygens (including phenoxy) is 2. The molecule has 1 fully saturated rings. The Kier molecular flexibility index (Phi) is 2.65. The van der Waals surface area contributed by atoms with E-state index in [4.69, 9.17) is 9.47 Å². The number of hydrogen-bond acceptors (Lipinski definition) is 3. The summed E-state index contributed by atoms with van der Waals surface area (Å²) >= 11 is 3.46. The zero-order valence-electron chi connectivity index (χ0n) is 8.96. The highest BCUT2D eigenvalue weighted by Crippen LogP contribution is 2.37. The first-order valence-electron chi connectivity index (χ1n) is 5.60. The van der Waals surface area contributed by atoms with Crippen molar-refractivity contribution in [2.45, 2.75) is 25.2 Å². The number of halogens is 1. The number of benzene rings is 1. The lowest BCUT2D eigenvalue weighted by atomic mass is 10.0. The Bertz CT molecular complexity index is 402. The Balaban J connectivity index is 1.88. The van der Waals surface area contributed by atoms with Gasteiger partial charge in [-0.1, -0.05) is 15.9 Å². The molecule has 3 rings (SSSR count). The molecule has 0 atom stereocenters. The van der Waals surface area contributed by atoms with Crippen LogP contribution in [0.5, 0.6) is 5.75 Å². The quantitative estimate of drug-likeness (QED) is 0.793. The van der Waals surface area contributed by atoms with Gasteiger partial charge in [0.15, 0.2) is 0 Å². The van der Waals surface area contributed by atoms with E-state index >= 15 is 0 Å². The third kappa shape index (κ3) is 1.85. The van der Waals surface area contributed by atoms with Crippen molar-refractivity contribution in [3.05, 3.63) is 28.2 Å². The van der Waals surface area contributed by atoms with Gasteiger partial charge >= 0.3 is 0 Å². The third-order valence-electron chi connectivity index (χ3n) is 3.17. The van der Waals surface area contributed by atoms with Crippen LogP contribution in [0.1, 0.15) is 18.4 Å². The maximum Gasteiger partial charge on any atom is 0.213 e. The second kappa shape index (κ2) is 4.02. The molecular weight excluding hydrogens is 270 g/mol. The molecule has 0 unspecified atom stereocenters. The summed E-state index contributed by atoms with van der Waals surface area (Å²) in [6.07, 6.45) is 1.84. The van der Waals surface area contributed by atoms with E-state index in [0.29, 0.717) is 6.61 Å². The molecule has 0 amide bonds. The molecule has 1 aromatic carbocycles. The van der Waals surface area contributed by atoms with E-state index in [1.165, 1.54) is 0 Å². The maximum atomic E-state index is 6.03. The molecule has 86 valence electrons. The van der Waals surface area contributed by atoms with Gasteiger partial charge in [-0.25, -0.2) is 0 Å². The van der Waals surface area contributed by atoms with Gasteiger partial charge in [-0.05, 0) is 18.2 Å². The van der Waals surface area contributed by atoms with Gasteiger partial charge in [0.25, 0.3) is 0 Å². The normalized spacial score (nSPS) is 22.6. The molecule has 0 saturated carbocycles. The zero-order valence-corrected chi connectivity index (χ0v) is 10.5. The Labute approximate surface area is 103 Å². The fourth-order valence-electron chi connectivity index (χ4n) is 2.25. The number of nitrogens with one attached hydrogen (secondary N) is 1. The maximum absolute atomic E-state index is 6.03. The van der Waals surface area contributed by atoms with Crippen LogP contribution >= 0.6 is 15.9 Å². The van der Waals surface area contributed by atoms with Gasteiger partial charge in [0, 0.05) is 36.0 Å². The minimum atomic E-state index is -0.383. The summed E-state index contributed by atoms with van der Waals surface area (Å²) < 4.78 is 13.0. The second-order valence-corrected chi connectivity index (χ2v) is 5.22. The summed E-state index contributed by atoms with van der Waals surface area (Å²) in [6, 6.07) is 6.09. The number of fused-ring (bicyclic) bond motifs is 1. The lowest BCUT2D eigenvalue weighted by Crippen LogP contribution is -2.49. The van der Waals surface area contributed by atoms with Gasteiger partial charge in [0.05, 0.1) is 6.61 Å². The molecule has 1 N–H and O–H groups in total. The number of piperidine rings is 1. The van der Waals surface area contributed by atoms with Crippen molar-refractivity contribution in [3.8, 4) is 5.75 Å². The molecular formula is C12H14BrNO2. The Morgan fingerprint density at radius 3 is 2.88 bits per heavy atom. The first-order chi connectivity index (χ1) is 7.77. The third-order valence-corrected chi connectivity index (χ3v) is 3.67. The van der Waals surface area contributed by atoms with Crippen LogP contribution in [0.25, 0.3) is 0 Å². The van der Waals surface area contributed by atoms with Gasteiger partial charge < -0.3 is 14.8 Å². The van der Waals surface area contributed by atoms with Crippen LogP contribution in [-0.2, 0) is 11.3 Å². The van der Waals surface area contributed by atoms with Gasteiger partial charge in [0.1, 0.15) is 5.75 Å². The van der Waals surface area contributed by atoms with Gasteiger partial charge in [0.2, 0.25) is 5.79 Å². The summed E-state index contributed by atoms with van der Waals surface area (Å²) in [4.78, 5) is 0. The Hall–Kier alpha value is -0.580. The van der Waals surface area contributed by atoms with Crippen LogP contribution in [0.15, 0.2) is 22.7 Å². The average Bonchev–Trinajstić information content (AvgIpc) is 2.31. The van der Waals surface area contributed by atoms with Crippen molar-refractivity contribution in [3.63, 3.8) is 0 Å². The summed E-state index contributed by atoms with van der Waals surface area (Å²) in [7, 11) is 0. The fourth-order valence-corrected chi connectivity index (χ4v) is 2.66. The predicted molar refractivity (Wildman–Crippen MR) is 64.4 cm³/mol. The van der Waals surface area contributed by atoms with Crippen LogP contribution in [-0.4, -0.2) is 18.9 Å². The molecule has 0 bridgehead atoms. The van der Waals surface area contributed by atoms with Crippen molar-refractivity contribution in [1.82, 2.24) is 5.32 Å². The van der Waals surface area contributed by atoms with Gasteiger partial charge in [-0.15, -0.1) is 0 Å². The fraction of sp³-hybridized carbons (Fsp3) is 0.500. The van der Waals surface area contributed by atoms with E-state index in [2.05, 4.69) is 27.3 Å². The standard InChI is InChI=1S/C12H14BrNO2/c13-10-1-2-11-9(7-10)8-15-12(16-11)3-5-14-6-4-12/h1-2,7,14H,3-6,8H2. The van der Waals surface area contributed by atoms with Crippen LogP contribution in [0.3, 0.4) is 0 Å². The molecule has 16 heavy (non-hydrogen) atoms. The van der Waals surface area contributed by atoms with Crippen molar-refractivity contribution in [1.29, 1.82) is 0 Å². The summed E-state index contributed by atoms with van der Waals surface area (Å²) in [5.41, 5.74) is 1.12. The zero-order chi connectivity index (χ0) is 11.0. The van der Waals surface area contributed by atoms with Crippen LogP contribution in [0.4, 0.5) is 0 Å². The van der Waals surface area contributed by atoms with Crippen LogP contribution < -0.4 is 10.1 Å². The molecule has 1 spiro atoms. The lowest BCUT2D eigenvalue weighted by molar-refractivity contribution is -0.218. The summed E-state index contributed by atoms with van der Waals surface area (Å²) in [5.74, 6) is 0.586. The molecule has 2 heterocycles. The average molecular weight is 284 g/mol. The summed E-state index contributed by atoms with van der Waals surface area (Å²) in [6.45, 7) is 2.58. The molecule has 1 aromatic rings. The Morgan fingerprint density at radius 2 is 2.06 bits per heavy atom. The molecule has 0 radical (unpaired) electrons. The largest absolute Gasteiger partial charge is 0.462 e. The van der Waals surface area contributed by atoms with Crippen molar-refractivity contribution < 1.29 is 9.47 Å². The minimum Gasteiger partial charge on any atom is -0.462 e. The van der Waals surface area contributed by atoms with Crippen molar-refractivity contribution in [2.75, 3.05) is 13.1 Å². The summed E-state index contributed by atoms with van der Waals surface area (Å²) in [5, 5.41) is 3.32. The van der Waals surface area contributed by atoms with Crippen LogP contribution in [0.2, 0.25) is 0 Å². The highest BCUT2D eigenvalue weighted by molar-refractivity contribution is 9.10. The highest BCUT2D eigenvalue weighted by Gasteiger charge is 2.38. The minimum absolute atomic E-state index is 0.383. The molecule has 0 aromatic heterocycles. The van der Waals surface area contributed by atoms with Crippen molar-refractivity contribution in [2.24, 2.45) is 0 Å².